The van der Waals surface area contributed by atoms with Crippen LogP contribution in [-0.2, 0) is 0 Å². The maximum Gasteiger partial charge on any atom is 0.123 e. The molecule has 0 spiro atoms. The molecule has 0 aliphatic carbocycles. The SMILES string of the molecule is OC(CN1CCN(c2ccc(F)cc2)CC1)CN1Sc2cccc3cccc1c23. The fourth-order valence-corrected chi connectivity index (χ4v) is 5.45. The minimum absolute atomic E-state index is 0.201. The molecular weight excluding hydrogens is 385 g/mol. The van der Waals surface area contributed by atoms with Crippen LogP contribution >= 0.6 is 11.9 Å². The largest absolute Gasteiger partial charge is 0.390 e. The highest BCUT2D eigenvalue weighted by atomic mass is 32.2. The Morgan fingerprint density at radius 2 is 1.62 bits per heavy atom. The average molecular weight is 410 g/mol. The number of aliphatic hydroxyl groups excluding tert-OH is 1. The van der Waals surface area contributed by atoms with E-state index in [-0.39, 0.29) is 5.82 Å². The summed E-state index contributed by atoms with van der Waals surface area (Å²) in [6.45, 7) is 4.86. The summed E-state index contributed by atoms with van der Waals surface area (Å²) < 4.78 is 15.3. The molecule has 150 valence electrons. The number of hydrogen-bond acceptors (Lipinski definition) is 5. The molecule has 3 aromatic carbocycles. The first-order valence-electron chi connectivity index (χ1n) is 10.1. The van der Waals surface area contributed by atoms with E-state index in [0.717, 1.165) is 31.9 Å². The summed E-state index contributed by atoms with van der Waals surface area (Å²) in [6.07, 6.45) is -0.413. The van der Waals surface area contributed by atoms with E-state index in [0.29, 0.717) is 13.1 Å². The minimum atomic E-state index is -0.413. The Bertz CT molecular complexity index is 999. The molecule has 0 radical (unpaired) electrons. The first kappa shape index (κ1) is 18.7. The molecular formula is C23H24FN3OS. The Morgan fingerprint density at radius 1 is 0.897 bits per heavy atom. The van der Waals surface area contributed by atoms with Crippen molar-refractivity contribution in [2.75, 3.05) is 48.5 Å². The molecule has 1 N–H and O–H groups in total. The Kier molecular flexibility index (Phi) is 5.08. The highest BCUT2D eigenvalue weighted by Gasteiger charge is 2.26. The van der Waals surface area contributed by atoms with Crippen LogP contribution in [0.3, 0.4) is 0 Å². The predicted octanol–water partition coefficient (Wildman–Crippen LogP) is 3.99. The Labute approximate surface area is 174 Å². The molecule has 2 aliphatic heterocycles. The first-order chi connectivity index (χ1) is 14.2. The van der Waals surface area contributed by atoms with Gasteiger partial charge < -0.3 is 14.3 Å². The van der Waals surface area contributed by atoms with E-state index in [4.69, 9.17) is 0 Å². The maximum atomic E-state index is 13.1. The van der Waals surface area contributed by atoms with Gasteiger partial charge in [0.05, 0.1) is 18.3 Å². The average Bonchev–Trinajstić information content (AvgIpc) is 3.09. The van der Waals surface area contributed by atoms with Gasteiger partial charge >= 0.3 is 0 Å². The molecule has 6 heteroatoms. The second-order valence-corrected chi connectivity index (χ2v) is 8.76. The van der Waals surface area contributed by atoms with Gasteiger partial charge in [0.1, 0.15) is 5.82 Å². The van der Waals surface area contributed by atoms with Gasteiger partial charge in [0, 0.05) is 48.7 Å². The molecule has 5 rings (SSSR count). The Hall–Kier alpha value is -2.28. The van der Waals surface area contributed by atoms with Gasteiger partial charge in [0.15, 0.2) is 0 Å². The summed E-state index contributed by atoms with van der Waals surface area (Å²) in [6, 6.07) is 19.4. The highest BCUT2D eigenvalue weighted by Crippen LogP contribution is 2.45. The van der Waals surface area contributed by atoms with Crippen LogP contribution in [0.4, 0.5) is 15.8 Å². The van der Waals surface area contributed by atoms with E-state index in [2.05, 4.69) is 50.5 Å². The lowest BCUT2D eigenvalue weighted by Crippen LogP contribution is -2.49. The number of piperazine rings is 1. The summed E-state index contributed by atoms with van der Waals surface area (Å²) in [4.78, 5) is 5.85. The molecule has 3 aromatic rings. The van der Waals surface area contributed by atoms with Gasteiger partial charge in [-0.15, -0.1) is 0 Å². The van der Waals surface area contributed by atoms with Crippen LogP contribution in [0.5, 0.6) is 0 Å². The molecule has 1 unspecified atom stereocenters. The van der Waals surface area contributed by atoms with Gasteiger partial charge in [-0.05, 0) is 53.7 Å². The van der Waals surface area contributed by atoms with E-state index in [9.17, 15) is 9.50 Å². The number of halogens is 1. The van der Waals surface area contributed by atoms with Crippen LogP contribution in [0.2, 0.25) is 0 Å². The van der Waals surface area contributed by atoms with E-state index in [1.54, 1.807) is 11.9 Å². The van der Waals surface area contributed by atoms with Crippen molar-refractivity contribution in [2.24, 2.45) is 0 Å². The molecule has 0 amide bonds. The minimum Gasteiger partial charge on any atom is -0.390 e. The number of β-amino-alcohol motifs (C(OH)–C–C–N with tert-alkyl or cyclic N) is 1. The Balaban J connectivity index is 1.17. The van der Waals surface area contributed by atoms with Crippen molar-refractivity contribution in [1.82, 2.24) is 4.90 Å². The second-order valence-electron chi connectivity index (χ2n) is 7.70. The zero-order valence-electron chi connectivity index (χ0n) is 16.2. The standard InChI is InChI=1S/C23H24FN3OS/c24-18-7-9-19(10-8-18)26-13-11-25(12-14-26)15-20(28)16-27-21-5-1-3-17-4-2-6-22(29-27)23(17)21/h1-10,20,28H,11-16H2. The number of benzene rings is 3. The van der Waals surface area contributed by atoms with Crippen molar-refractivity contribution in [1.29, 1.82) is 0 Å². The molecule has 0 aromatic heterocycles. The van der Waals surface area contributed by atoms with Crippen LogP contribution in [0.1, 0.15) is 0 Å². The normalized spacial score (nSPS) is 17.9. The number of hydrogen-bond donors (Lipinski definition) is 1. The van der Waals surface area contributed by atoms with E-state index < -0.39 is 6.10 Å². The first-order valence-corrected chi connectivity index (χ1v) is 10.8. The van der Waals surface area contributed by atoms with Crippen molar-refractivity contribution >= 4 is 34.1 Å². The molecule has 0 saturated carbocycles. The third-order valence-corrected chi connectivity index (χ3v) is 6.83. The predicted molar refractivity (Wildman–Crippen MR) is 118 cm³/mol. The van der Waals surface area contributed by atoms with Gasteiger partial charge in [-0.1, -0.05) is 24.3 Å². The summed E-state index contributed by atoms with van der Waals surface area (Å²) in [5, 5.41) is 13.3. The Morgan fingerprint density at radius 3 is 2.38 bits per heavy atom. The van der Waals surface area contributed by atoms with Crippen molar-refractivity contribution in [3.05, 3.63) is 66.5 Å². The lowest BCUT2D eigenvalue weighted by atomic mass is 10.1. The third-order valence-electron chi connectivity index (χ3n) is 5.73. The maximum absolute atomic E-state index is 13.1. The van der Waals surface area contributed by atoms with Crippen LogP contribution in [0, 0.1) is 5.82 Å². The summed E-state index contributed by atoms with van der Waals surface area (Å²) in [7, 11) is 0. The van der Waals surface area contributed by atoms with Crippen LogP contribution in [-0.4, -0.2) is 55.4 Å². The van der Waals surface area contributed by atoms with E-state index in [1.807, 2.05) is 12.1 Å². The van der Waals surface area contributed by atoms with Gasteiger partial charge in [-0.3, -0.25) is 4.90 Å². The van der Waals surface area contributed by atoms with Crippen molar-refractivity contribution < 1.29 is 9.50 Å². The smallest absolute Gasteiger partial charge is 0.123 e. The fourth-order valence-electron chi connectivity index (χ4n) is 4.26. The molecule has 2 aliphatic rings. The number of aliphatic hydroxyl groups is 1. The topological polar surface area (TPSA) is 30.0 Å². The lowest BCUT2D eigenvalue weighted by molar-refractivity contribution is 0.116. The zero-order valence-corrected chi connectivity index (χ0v) is 17.0. The van der Waals surface area contributed by atoms with Crippen molar-refractivity contribution in [3.63, 3.8) is 0 Å². The van der Waals surface area contributed by atoms with Crippen LogP contribution in [0.15, 0.2) is 65.6 Å². The molecule has 29 heavy (non-hydrogen) atoms. The number of nitrogens with zero attached hydrogens (tertiary/aromatic N) is 3. The summed E-state index contributed by atoms with van der Waals surface area (Å²) in [5.41, 5.74) is 2.26. The summed E-state index contributed by atoms with van der Waals surface area (Å²) in [5.74, 6) is -0.201. The van der Waals surface area contributed by atoms with Crippen molar-refractivity contribution in [3.8, 4) is 0 Å². The molecule has 1 atom stereocenters. The van der Waals surface area contributed by atoms with Gasteiger partial charge in [-0.2, -0.15) is 0 Å². The molecule has 2 heterocycles. The number of rotatable bonds is 5. The van der Waals surface area contributed by atoms with E-state index >= 15 is 0 Å². The molecule has 4 nitrogen and oxygen atoms in total. The molecule has 1 fully saturated rings. The van der Waals surface area contributed by atoms with E-state index in [1.165, 1.54) is 33.5 Å². The third kappa shape index (κ3) is 3.80. The summed E-state index contributed by atoms with van der Waals surface area (Å²) >= 11 is 1.72. The fraction of sp³-hybridized carbons (Fsp3) is 0.304. The van der Waals surface area contributed by atoms with Crippen LogP contribution in [0.25, 0.3) is 10.8 Å². The highest BCUT2D eigenvalue weighted by molar-refractivity contribution is 8.01. The van der Waals surface area contributed by atoms with Crippen molar-refractivity contribution in [2.45, 2.75) is 11.0 Å². The number of anilines is 2. The van der Waals surface area contributed by atoms with Gasteiger partial charge in [-0.25, -0.2) is 4.39 Å². The van der Waals surface area contributed by atoms with Crippen LogP contribution < -0.4 is 9.21 Å². The second kappa shape index (κ2) is 7.86. The molecule has 1 saturated heterocycles. The quantitative estimate of drug-likeness (QED) is 0.644. The zero-order chi connectivity index (χ0) is 19.8. The molecule has 0 bridgehead atoms. The van der Waals surface area contributed by atoms with Gasteiger partial charge in [0.2, 0.25) is 0 Å². The monoisotopic (exact) mass is 409 g/mol. The lowest BCUT2D eigenvalue weighted by Gasteiger charge is -2.37. The van der Waals surface area contributed by atoms with Gasteiger partial charge in [0.25, 0.3) is 0 Å².